The van der Waals surface area contributed by atoms with Gasteiger partial charge in [-0.3, -0.25) is 0 Å². The van der Waals surface area contributed by atoms with Gasteiger partial charge < -0.3 is 10.6 Å². The van der Waals surface area contributed by atoms with Gasteiger partial charge in [0, 0.05) is 23.7 Å². The van der Waals surface area contributed by atoms with E-state index in [1.807, 2.05) is 44.2 Å². The molecule has 2 N–H and O–H groups in total. The summed E-state index contributed by atoms with van der Waals surface area (Å²) in [6, 6.07) is 9.88. The first-order chi connectivity index (χ1) is 9.58. The fraction of sp³-hybridized carbons (Fsp3) is 0.333. The molecule has 1 unspecified atom stereocenters. The van der Waals surface area contributed by atoms with E-state index in [9.17, 15) is 0 Å². The normalized spacial score (nSPS) is 12.0. The minimum Gasteiger partial charge on any atom is -0.370 e. The van der Waals surface area contributed by atoms with Crippen LogP contribution in [0.4, 0.5) is 11.6 Å². The van der Waals surface area contributed by atoms with E-state index in [-0.39, 0.29) is 6.04 Å². The van der Waals surface area contributed by atoms with Crippen LogP contribution in [0.3, 0.4) is 0 Å². The van der Waals surface area contributed by atoms with Crippen molar-refractivity contribution in [1.82, 2.24) is 9.97 Å². The van der Waals surface area contributed by atoms with Crippen molar-refractivity contribution in [2.75, 3.05) is 17.2 Å². The summed E-state index contributed by atoms with van der Waals surface area (Å²) in [6.07, 6.45) is 0. The number of anilines is 2. The lowest BCUT2D eigenvalue weighted by Gasteiger charge is -2.16. The summed E-state index contributed by atoms with van der Waals surface area (Å²) >= 11 is 5.90. The zero-order valence-corrected chi connectivity index (χ0v) is 12.7. The molecule has 4 nitrogen and oxygen atoms in total. The largest absolute Gasteiger partial charge is 0.370 e. The van der Waals surface area contributed by atoms with E-state index in [4.69, 9.17) is 11.6 Å². The van der Waals surface area contributed by atoms with Crippen molar-refractivity contribution in [2.45, 2.75) is 26.8 Å². The molecule has 106 valence electrons. The van der Waals surface area contributed by atoms with Gasteiger partial charge in [-0.1, -0.05) is 23.7 Å². The van der Waals surface area contributed by atoms with Gasteiger partial charge in [-0.05, 0) is 38.5 Å². The minimum absolute atomic E-state index is 0.149. The van der Waals surface area contributed by atoms with Crippen LogP contribution in [0.25, 0.3) is 0 Å². The lowest BCUT2D eigenvalue weighted by Crippen LogP contribution is -2.10. The summed E-state index contributed by atoms with van der Waals surface area (Å²) in [5.41, 5.74) is 1.16. The third-order valence-electron chi connectivity index (χ3n) is 2.93. The highest BCUT2D eigenvalue weighted by Crippen LogP contribution is 2.21. The zero-order chi connectivity index (χ0) is 14.5. The summed E-state index contributed by atoms with van der Waals surface area (Å²) in [5, 5.41) is 7.33. The van der Waals surface area contributed by atoms with Gasteiger partial charge in [-0.2, -0.15) is 0 Å². The van der Waals surface area contributed by atoms with Crippen LogP contribution in [0.1, 0.15) is 31.3 Å². The molecule has 1 aromatic carbocycles. The van der Waals surface area contributed by atoms with Crippen molar-refractivity contribution in [3.63, 3.8) is 0 Å². The van der Waals surface area contributed by atoms with Gasteiger partial charge in [-0.25, -0.2) is 9.97 Å². The number of hydrogen-bond donors (Lipinski definition) is 2. The summed E-state index contributed by atoms with van der Waals surface area (Å²) in [7, 11) is 0. The Bertz CT molecular complexity index is 569. The highest BCUT2D eigenvalue weighted by molar-refractivity contribution is 6.30. The van der Waals surface area contributed by atoms with Crippen LogP contribution < -0.4 is 10.6 Å². The Morgan fingerprint density at radius 3 is 2.45 bits per heavy atom. The molecule has 0 spiro atoms. The van der Waals surface area contributed by atoms with Crippen molar-refractivity contribution in [1.29, 1.82) is 0 Å². The molecule has 2 rings (SSSR count). The molecule has 0 saturated carbocycles. The molecule has 0 saturated heterocycles. The quantitative estimate of drug-likeness (QED) is 0.872. The number of aromatic nitrogens is 2. The second kappa shape index (κ2) is 6.57. The smallest absolute Gasteiger partial charge is 0.132 e. The first kappa shape index (κ1) is 14.6. The number of benzene rings is 1. The predicted molar refractivity (Wildman–Crippen MR) is 84.4 cm³/mol. The van der Waals surface area contributed by atoms with E-state index in [2.05, 4.69) is 27.5 Å². The molecular formula is C15H19ClN4. The average Bonchev–Trinajstić information content (AvgIpc) is 2.39. The van der Waals surface area contributed by atoms with Gasteiger partial charge in [-0.15, -0.1) is 0 Å². The van der Waals surface area contributed by atoms with E-state index < -0.39 is 0 Å². The molecule has 0 aliphatic rings. The molecule has 0 amide bonds. The number of aryl methyl sites for hydroxylation is 1. The van der Waals surface area contributed by atoms with Crippen molar-refractivity contribution < 1.29 is 0 Å². The first-order valence-electron chi connectivity index (χ1n) is 6.70. The summed E-state index contributed by atoms with van der Waals surface area (Å²) in [5.74, 6) is 2.40. The van der Waals surface area contributed by atoms with Crippen molar-refractivity contribution >= 4 is 23.2 Å². The molecular weight excluding hydrogens is 272 g/mol. The Morgan fingerprint density at radius 2 is 1.80 bits per heavy atom. The predicted octanol–water partition coefficient (Wildman–Crippen LogP) is 4.04. The topological polar surface area (TPSA) is 49.8 Å². The summed E-state index contributed by atoms with van der Waals surface area (Å²) in [6.45, 7) is 6.86. The lowest BCUT2D eigenvalue weighted by molar-refractivity contribution is 0.867. The minimum atomic E-state index is 0.149. The molecule has 1 atom stereocenters. The fourth-order valence-corrected chi connectivity index (χ4v) is 2.10. The van der Waals surface area contributed by atoms with E-state index in [0.29, 0.717) is 0 Å². The third kappa shape index (κ3) is 3.84. The molecule has 0 radical (unpaired) electrons. The lowest BCUT2D eigenvalue weighted by atomic mass is 10.1. The molecule has 0 aliphatic heterocycles. The second-order valence-corrected chi connectivity index (χ2v) is 5.07. The third-order valence-corrected chi connectivity index (χ3v) is 3.18. The van der Waals surface area contributed by atoms with Crippen LogP contribution in [0, 0.1) is 6.92 Å². The fourth-order valence-electron chi connectivity index (χ4n) is 1.97. The van der Waals surface area contributed by atoms with Gasteiger partial charge in [0.05, 0.1) is 0 Å². The van der Waals surface area contributed by atoms with Gasteiger partial charge in [0.25, 0.3) is 0 Å². The van der Waals surface area contributed by atoms with E-state index in [0.717, 1.165) is 34.6 Å². The maximum absolute atomic E-state index is 5.90. The Kier molecular flexibility index (Phi) is 4.79. The number of hydrogen-bond acceptors (Lipinski definition) is 4. The molecule has 0 fully saturated rings. The Labute approximate surface area is 124 Å². The number of nitrogens with one attached hydrogen (secondary N) is 2. The maximum atomic E-state index is 5.90. The van der Waals surface area contributed by atoms with Crippen molar-refractivity contribution in [2.24, 2.45) is 0 Å². The molecule has 2 aromatic rings. The van der Waals surface area contributed by atoms with Crippen molar-refractivity contribution in [3.8, 4) is 0 Å². The van der Waals surface area contributed by atoms with E-state index >= 15 is 0 Å². The monoisotopic (exact) mass is 290 g/mol. The van der Waals surface area contributed by atoms with Gasteiger partial charge in [0.1, 0.15) is 17.5 Å². The molecule has 20 heavy (non-hydrogen) atoms. The van der Waals surface area contributed by atoms with E-state index in [1.54, 1.807) is 0 Å². The summed E-state index contributed by atoms with van der Waals surface area (Å²) in [4.78, 5) is 8.75. The van der Waals surface area contributed by atoms with Crippen molar-refractivity contribution in [3.05, 3.63) is 46.7 Å². The van der Waals surface area contributed by atoms with Crippen LogP contribution in [0.15, 0.2) is 30.3 Å². The second-order valence-electron chi connectivity index (χ2n) is 4.63. The Balaban J connectivity index is 2.14. The highest BCUT2D eigenvalue weighted by Gasteiger charge is 2.08. The first-order valence-corrected chi connectivity index (χ1v) is 7.08. The molecule has 0 bridgehead atoms. The molecule has 1 heterocycles. The SMILES string of the molecule is CCNc1cc(NC(C)c2ccc(Cl)cc2)nc(C)n1. The van der Waals surface area contributed by atoms with Crippen LogP contribution in [0.2, 0.25) is 5.02 Å². The molecule has 0 aliphatic carbocycles. The van der Waals surface area contributed by atoms with Crippen LogP contribution in [-0.4, -0.2) is 16.5 Å². The van der Waals surface area contributed by atoms with Crippen LogP contribution in [0.5, 0.6) is 0 Å². The Hall–Kier alpha value is -1.81. The highest BCUT2D eigenvalue weighted by atomic mass is 35.5. The molecule has 5 heteroatoms. The van der Waals surface area contributed by atoms with Gasteiger partial charge >= 0.3 is 0 Å². The van der Waals surface area contributed by atoms with E-state index in [1.165, 1.54) is 0 Å². The number of halogens is 1. The summed E-state index contributed by atoms with van der Waals surface area (Å²) < 4.78 is 0. The number of nitrogens with zero attached hydrogens (tertiary/aromatic N) is 2. The van der Waals surface area contributed by atoms with Crippen LogP contribution >= 0.6 is 11.6 Å². The Morgan fingerprint density at radius 1 is 1.15 bits per heavy atom. The van der Waals surface area contributed by atoms with Gasteiger partial charge in [0.2, 0.25) is 0 Å². The zero-order valence-electron chi connectivity index (χ0n) is 11.9. The van der Waals surface area contributed by atoms with Gasteiger partial charge in [0.15, 0.2) is 0 Å². The average molecular weight is 291 g/mol. The molecule has 1 aromatic heterocycles. The van der Waals surface area contributed by atoms with Crippen LogP contribution in [-0.2, 0) is 0 Å². The number of rotatable bonds is 5. The standard InChI is InChI=1S/C15H19ClN4/c1-4-17-14-9-15(20-11(3)19-14)18-10(2)12-5-7-13(16)8-6-12/h5-10H,4H2,1-3H3,(H2,17,18,19,20). The maximum Gasteiger partial charge on any atom is 0.132 e.